The first-order valence-corrected chi connectivity index (χ1v) is 12.5. The van der Waals surface area contributed by atoms with Gasteiger partial charge in [0.15, 0.2) is 5.43 Å². The SMILES string of the molecule is Cc1[nH]c(C)c(-c2ccc(C(F)(F)F)cc2)c(=O)c1Br.Cc1cc(=O)c(-c2ccc(Cl)c(Cl)c2)c(C)[nH]1. The van der Waals surface area contributed by atoms with E-state index in [9.17, 15) is 22.8 Å². The van der Waals surface area contributed by atoms with E-state index in [4.69, 9.17) is 23.2 Å². The van der Waals surface area contributed by atoms with Gasteiger partial charge in [0.25, 0.3) is 0 Å². The molecule has 2 heterocycles. The number of aromatic amines is 2. The fourth-order valence-electron chi connectivity index (χ4n) is 3.88. The van der Waals surface area contributed by atoms with E-state index in [0.29, 0.717) is 42.6 Å². The Morgan fingerprint density at radius 2 is 1.30 bits per heavy atom. The van der Waals surface area contributed by atoms with Crippen LogP contribution in [0.25, 0.3) is 22.3 Å². The van der Waals surface area contributed by atoms with Gasteiger partial charge in [-0.3, -0.25) is 9.59 Å². The summed E-state index contributed by atoms with van der Waals surface area (Å²) < 4.78 is 38.0. The number of hydrogen-bond acceptors (Lipinski definition) is 2. The maximum atomic E-state index is 12.5. The molecule has 2 N–H and O–H groups in total. The number of hydrogen-bond donors (Lipinski definition) is 2. The van der Waals surface area contributed by atoms with Crippen LogP contribution in [0.4, 0.5) is 13.2 Å². The number of H-pyrrole nitrogens is 2. The Kier molecular flexibility index (Phi) is 8.78. The van der Waals surface area contributed by atoms with E-state index in [-0.39, 0.29) is 10.9 Å². The van der Waals surface area contributed by atoms with Gasteiger partial charge < -0.3 is 9.97 Å². The van der Waals surface area contributed by atoms with E-state index < -0.39 is 11.7 Å². The Bertz CT molecular complexity index is 1580. The first-order chi connectivity index (χ1) is 17.2. The van der Waals surface area contributed by atoms with Crippen LogP contribution in [0.3, 0.4) is 0 Å². The van der Waals surface area contributed by atoms with Crippen molar-refractivity contribution in [2.24, 2.45) is 0 Å². The minimum Gasteiger partial charge on any atom is -0.362 e. The zero-order chi connectivity index (χ0) is 27.7. The quantitative estimate of drug-likeness (QED) is 0.238. The van der Waals surface area contributed by atoms with Gasteiger partial charge in [0.05, 0.1) is 20.1 Å². The van der Waals surface area contributed by atoms with Crippen molar-refractivity contribution in [3.63, 3.8) is 0 Å². The number of aryl methyl sites for hydroxylation is 4. The monoisotopic (exact) mass is 612 g/mol. The Morgan fingerprint density at radius 3 is 1.84 bits per heavy atom. The molecule has 2 aromatic carbocycles. The molecule has 0 spiro atoms. The third-order valence-corrected chi connectivity index (χ3v) is 7.26. The second-order valence-electron chi connectivity index (χ2n) is 8.41. The summed E-state index contributed by atoms with van der Waals surface area (Å²) in [5.41, 5.74) is 4.22. The van der Waals surface area contributed by atoms with Gasteiger partial charge in [-0.1, -0.05) is 41.4 Å². The number of rotatable bonds is 2. The molecule has 0 aliphatic heterocycles. The lowest BCUT2D eigenvalue weighted by Crippen LogP contribution is -2.12. The van der Waals surface area contributed by atoms with Crippen LogP contribution >= 0.6 is 39.1 Å². The standard InChI is InChI=1S/C14H11BrF3NO.C13H11Cl2NO/c1-7-11(13(20)12(15)8(2)19-7)9-3-5-10(6-4-9)14(16,17)18;1-7-5-12(17)13(8(2)16-7)9-3-4-10(14)11(15)6-9/h3-6H,1-2H3,(H,19,20);3-6H,1-2H3,(H,16,17). The van der Waals surface area contributed by atoms with E-state index >= 15 is 0 Å². The molecule has 0 bridgehead atoms. The van der Waals surface area contributed by atoms with Gasteiger partial charge in [-0.25, -0.2) is 0 Å². The Morgan fingerprint density at radius 1 is 0.730 bits per heavy atom. The van der Waals surface area contributed by atoms with Crippen LogP contribution in [0.1, 0.15) is 28.3 Å². The van der Waals surface area contributed by atoms with Crippen molar-refractivity contribution in [2.75, 3.05) is 0 Å². The first-order valence-electron chi connectivity index (χ1n) is 10.9. The average Bonchev–Trinajstić information content (AvgIpc) is 2.79. The highest BCUT2D eigenvalue weighted by molar-refractivity contribution is 9.10. The molecule has 4 rings (SSSR count). The maximum Gasteiger partial charge on any atom is 0.416 e. The fourth-order valence-corrected chi connectivity index (χ4v) is 4.48. The highest BCUT2D eigenvalue weighted by atomic mass is 79.9. The van der Waals surface area contributed by atoms with Crippen LogP contribution in [-0.2, 0) is 6.18 Å². The molecule has 0 unspecified atom stereocenters. The Balaban J connectivity index is 0.000000208. The van der Waals surface area contributed by atoms with E-state index in [1.807, 2.05) is 13.8 Å². The lowest BCUT2D eigenvalue weighted by Gasteiger charge is -2.10. The molecule has 2 aromatic heterocycles. The van der Waals surface area contributed by atoms with Crippen molar-refractivity contribution >= 4 is 39.1 Å². The smallest absolute Gasteiger partial charge is 0.362 e. The molecule has 37 heavy (non-hydrogen) atoms. The van der Waals surface area contributed by atoms with Crippen LogP contribution < -0.4 is 10.9 Å². The second kappa shape index (κ2) is 11.3. The number of nitrogens with one attached hydrogen (secondary N) is 2. The zero-order valence-corrected chi connectivity index (χ0v) is 23.3. The summed E-state index contributed by atoms with van der Waals surface area (Å²) in [5, 5.41) is 0.931. The van der Waals surface area contributed by atoms with Gasteiger partial charge in [0.2, 0.25) is 5.43 Å². The summed E-state index contributed by atoms with van der Waals surface area (Å²) in [6.45, 7) is 7.18. The lowest BCUT2D eigenvalue weighted by molar-refractivity contribution is -0.137. The highest BCUT2D eigenvalue weighted by Gasteiger charge is 2.30. The molecular formula is C27H22BrCl2F3N2O2. The molecule has 0 saturated carbocycles. The van der Waals surface area contributed by atoms with E-state index in [1.165, 1.54) is 12.1 Å². The molecule has 0 atom stereocenters. The van der Waals surface area contributed by atoms with Crippen LogP contribution in [0, 0.1) is 27.7 Å². The van der Waals surface area contributed by atoms with E-state index in [1.54, 1.807) is 38.1 Å². The summed E-state index contributed by atoms with van der Waals surface area (Å²) in [6, 6.07) is 11.3. The van der Waals surface area contributed by atoms with Crippen molar-refractivity contribution < 1.29 is 13.2 Å². The third-order valence-electron chi connectivity index (χ3n) is 5.57. The Hall–Kier alpha value is -2.81. The van der Waals surface area contributed by atoms with Gasteiger partial charge >= 0.3 is 6.18 Å². The van der Waals surface area contributed by atoms with E-state index in [0.717, 1.165) is 29.1 Å². The van der Waals surface area contributed by atoms with Gasteiger partial charge in [-0.05, 0) is 79.0 Å². The summed E-state index contributed by atoms with van der Waals surface area (Å²) in [7, 11) is 0. The number of benzene rings is 2. The average molecular weight is 614 g/mol. The van der Waals surface area contributed by atoms with Crippen molar-refractivity contribution in [1.82, 2.24) is 9.97 Å². The Labute approximate surface area is 229 Å². The predicted molar refractivity (Wildman–Crippen MR) is 147 cm³/mol. The molecule has 0 amide bonds. The normalized spacial score (nSPS) is 11.2. The number of aromatic nitrogens is 2. The number of halogens is 6. The largest absolute Gasteiger partial charge is 0.416 e. The molecular weight excluding hydrogens is 592 g/mol. The minimum atomic E-state index is -4.38. The van der Waals surface area contributed by atoms with Gasteiger partial charge in [-0.15, -0.1) is 0 Å². The maximum absolute atomic E-state index is 12.5. The lowest BCUT2D eigenvalue weighted by atomic mass is 10.0. The van der Waals surface area contributed by atoms with Gasteiger partial charge in [-0.2, -0.15) is 13.2 Å². The molecule has 0 saturated heterocycles. The van der Waals surface area contributed by atoms with E-state index in [2.05, 4.69) is 25.9 Å². The van der Waals surface area contributed by atoms with Crippen LogP contribution in [0.5, 0.6) is 0 Å². The van der Waals surface area contributed by atoms with Crippen LogP contribution in [0.2, 0.25) is 10.0 Å². The van der Waals surface area contributed by atoms with Crippen molar-refractivity contribution in [3.05, 3.63) is 112 Å². The molecule has 4 aromatic rings. The minimum absolute atomic E-state index is 0.0165. The van der Waals surface area contributed by atoms with Gasteiger partial charge in [0, 0.05) is 40.0 Å². The molecule has 10 heteroatoms. The molecule has 0 fully saturated rings. The third kappa shape index (κ3) is 6.55. The molecule has 0 radical (unpaired) electrons. The van der Waals surface area contributed by atoms with Crippen molar-refractivity contribution in [2.45, 2.75) is 33.9 Å². The summed E-state index contributed by atoms with van der Waals surface area (Å²) in [4.78, 5) is 30.3. The summed E-state index contributed by atoms with van der Waals surface area (Å²) in [5.74, 6) is 0. The van der Waals surface area contributed by atoms with Crippen molar-refractivity contribution in [3.8, 4) is 22.3 Å². The molecule has 0 aliphatic carbocycles. The summed E-state index contributed by atoms with van der Waals surface area (Å²) >= 11 is 15.0. The molecule has 0 aliphatic rings. The fraction of sp³-hybridized carbons (Fsp3) is 0.185. The number of pyridine rings is 2. The second-order valence-corrected chi connectivity index (χ2v) is 10.0. The first kappa shape index (κ1) is 28.8. The summed E-state index contributed by atoms with van der Waals surface area (Å²) in [6.07, 6.45) is -4.38. The number of alkyl halides is 3. The highest BCUT2D eigenvalue weighted by Crippen LogP contribution is 2.31. The molecule has 4 nitrogen and oxygen atoms in total. The van der Waals surface area contributed by atoms with Gasteiger partial charge in [0.1, 0.15) is 0 Å². The zero-order valence-electron chi connectivity index (χ0n) is 20.2. The predicted octanol–water partition coefficient (Wildman–Crippen LogP) is 8.41. The van der Waals surface area contributed by atoms with Crippen molar-refractivity contribution in [1.29, 1.82) is 0 Å². The topological polar surface area (TPSA) is 65.7 Å². The molecule has 194 valence electrons. The van der Waals surface area contributed by atoms with Crippen LogP contribution in [-0.4, -0.2) is 9.97 Å². The van der Waals surface area contributed by atoms with Crippen LogP contribution in [0.15, 0.2) is 62.6 Å².